The standard InChI is InChI=1S/C6H15NO2/c1-5(2)7-9-6(3)4-8/h5-8H,4H2,1-3H3. The molecule has 0 aliphatic heterocycles. The molecule has 0 rings (SSSR count). The highest BCUT2D eigenvalue weighted by Crippen LogP contribution is 1.85. The molecule has 0 aromatic rings. The Hall–Kier alpha value is -0.120. The van der Waals surface area contributed by atoms with Gasteiger partial charge in [-0.25, -0.2) is 0 Å². The topological polar surface area (TPSA) is 41.5 Å². The molecule has 0 amide bonds. The predicted octanol–water partition coefficient (Wildman–Crippen LogP) is 0.297. The van der Waals surface area contributed by atoms with Crippen LogP contribution in [-0.4, -0.2) is 23.9 Å². The second kappa shape index (κ2) is 4.73. The number of aliphatic hydroxyl groups is 1. The molecule has 2 N–H and O–H groups in total. The van der Waals surface area contributed by atoms with Gasteiger partial charge in [-0.2, -0.15) is 5.48 Å². The fourth-order valence-electron chi connectivity index (χ4n) is 0.290. The SMILES string of the molecule is CC(C)NOC(C)CO. The number of hydroxylamine groups is 1. The molecular formula is C6H15NO2. The van der Waals surface area contributed by atoms with Crippen LogP contribution in [0.15, 0.2) is 0 Å². The minimum absolute atomic E-state index is 0.0553. The molecule has 9 heavy (non-hydrogen) atoms. The van der Waals surface area contributed by atoms with Gasteiger partial charge >= 0.3 is 0 Å². The van der Waals surface area contributed by atoms with Gasteiger partial charge in [-0.1, -0.05) is 0 Å². The van der Waals surface area contributed by atoms with Gasteiger partial charge in [0.25, 0.3) is 0 Å². The first-order valence-corrected chi connectivity index (χ1v) is 3.19. The predicted molar refractivity (Wildman–Crippen MR) is 35.9 cm³/mol. The molecule has 0 fully saturated rings. The Bertz CT molecular complexity index is 66.1. The number of hydrogen-bond acceptors (Lipinski definition) is 3. The average molecular weight is 133 g/mol. The van der Waals surface area contributed by atoms with Crippen LogP contribution in [0.1, 0.15) is 20.8 Å². The van der Waals surface area contributed by atoms with E-state index in [1.807, 2.05) is 13.8 Å². The van der Waals surface area contributed by atoms with E-state index < -0.39 is 0 Å². The summed E-state index contributed by atoms with van der Waals surface area (Å²) in [4.78, 5) is 4.95. The number of hydrogen-bond donors (Lipinski definition) is 2. The smallest absolute Gasteiger partial charge is 0.0992 e. The Kier molecular flexibility index (Phi) is 4.67. The highest BCUT2D eigenvalue weighted by molar-refractivity contribution is 4.44. The van der Waals surface area contributed by atoms with Crippen LogP contribution < -0.4 is 5.48 Å². The monoisotopic (exact) mass is 133 g/mol. The van der Waals surface area contributed by atoms with Crippen molar-refractivity contribution in [2.24, 2.45) is 0 Å². The second-order valence-corrected chi connectivity index (χ2v) is 2.38. The zero-order valence-electron chi connectivity index (χ0n) is 6.22. The summed E-state index contributed by atoms with van der Waals surface area (Å²) in [6, 6.07) is 0.305. The van der Waals surface area contributed by atoms with Crippen molar-refractivity contribution >= 4 is 0 Å². The minimum Gasteiger partial charge on any atom is -0.394 e. The fraction of sp³-hybridized carbons (Fsp3) is 1.00. The third-order valence-electron chi connectivity index (χ3n) is 0.762. The minimum atomic E-state index is -0.118. The molecule has 3 heteroatoms. The molecule has 0 saturated carbocycles. The van der Waals surface area contributed by atoms with Crippen molar-refractivity contribution in [3.05, 3.63) is 0 Å². The molecule has 0 spiro atoms. The number of aliphatic hydroxyl groups excluding tert-OH is 1. The Morgan fingerprint density at radius 3 is 2.33 bits per heavy atom. The van der Waals surface area contributed by atoms with Crippen molar-refractivity contribution in [1.29, 1.82) is 0 Å². The number of nitrogens with one attached hydrogen (secondary N) is 1. The summed E-state index contributed by atoms with van der Waals surface area (Å²) in [6.45, 7) is 5.81. The lowest BCUT2D eigenvalue weighted by Crippen LogP contribution is -2.29. The van der Waals surface area contributed by atoms with Gasteiger partial charge in [-0.15, -0.1) is 0 Å². The van der Waals surface area contributed by atoms with Gasteiger partial charge in [0.2, 0.25) is 0 Å². The zero-order valence-corrected chi connectivity index (χ0v) is 6.22. The Morgan fingerprint density at radius 2 is 2.00 bits per heavy atom. The Labute approximate surface area is 56.0 Å². The molecule has 56 valence electrons. The summed E-state index contributed by atoms with van der Waals surface area (Å²) >= 11 is 0. The third-order valence-corrected chi connectivity index (χ3v) is 0.762. The summed E-state index contributed by atoms with van der Waals surface area (Å²) in [5.74, 6) is 0. The van der Waals surface area contributed by atoms with E-state index in [9.17, 15) is 0 Å². The molecule has 0 heterocycles. The lowest BCUT2D eigenvalue weighted by atomic mass is 10.4. The van der Waals surface area contributed by atoms with E-state index in [0.717, 1.165) is 0 Å². The fourth-order valence-corrected chi connectivity index (χ4v) is 0.290. The van der Waals surface area contributed by atoms with Crippen molar-refractivity contribution in [2.45, 2.75) is 32.9 Å². The van der Waals surface area contributed by atoms with Crippen LogP contribution in [0.3, 0.4) is 0 Å². The summed E-state index contributed by atoms with van der Waals surface area (Å²) in [6.07, 6.45) is -0.118. The highest BCUT2D eigenvalue weighted by atomic mass is 16.7. The van der Waals surface area contributed by atoms with Gasteiger partial charge in [-0.05, 0) is 20.8 Å². The van der Waals surface area contributed by atoms with Crippen LogP contribution in [0.25, 0.3) is 0 Å². The van der Waals surface area contributed by atoms with Crippen LogP contribution in [0.4, 0.5) is 0 Å². The lowest BCUT2D eigenvalue weighted by molar-refractivity contribution is -0.0518. The molecule has 0 saturated heterocycles. The van der Waals surface area contributed by atoms with Crippen molar-refractivity contribution in [1.82, 2.24) is 5.48 Å². The Morgan fingerprint density at radius 1 is 1.44 bits per heavy atom. The van der Waals surface area contributed by atoms with Crippen LogP contribution in [0.2, 0.25) is 0 Å². The van der Waals surface area contributed by atoms with E-state index in [-0.39, 0.29) is 12.7 Å². The largest absolute Gasteiger partial charge is 0.394 e. The van der Waals surface area contributed by atoms with Gasteiger partial charge < -0.3 is 5.11 Å². The van der Waals surface area contributed by atoms with E-state index in [0.29, 0.717) is 6.04 Å². The molecule has 0 aliphatic carbocycles. The van der Waals surface area contributed by atoms with E-state index >= 15 is 0 Å². The highest BCUT2D eigenvalue weighted by Gasteiger charge is 1.98. The van der Waals surface area contributed by atoms with Crippen LogP contribution >= 0.6 is 0 Å². The van der Waals surface area contributed by atoms with Crippen molar-refractivity contribution < 1.29 is 9.94 Å². The number of rotatable bonds is 4. The van der Waals surface area contributed by atoms with E-state index in [2.05, 4.69) is 5.48 Å². The van der Waals surface area contributed by atoms with Crippen LogP contribution in [0.5, 0.6) is 0 Å². The maximum absolute atomic E-state index is 8.48. The normalized spacial score (nSPS) is 14.3. The van der Waals surface area contributed by atoms with E-state index in [1.165, 1.54) is 0 Å². The summed E-state index contributed by atoms with van der Waals surface area (Å²) in [5, 5.41) is 8.48. The van der Waals surface area contributed by atoms with Crippen molar-refractivity contribution in [2.75, 3.05) is 6.61 Å². The zero-order chi connectivity index (χ0) is 7.28. The van der Waals surface area contributed by atoms with E-state index in [4.69, 9.17) is 9.94 Å². The molecular weight excluding hydrogens is 118 g/mol. The first-order valence-electron chi connectivity index (χ1n) is 3.19. The first kappa shape index (κ1) is 8.88. The maximum atomic E-state index is 8.48. The third kappa shape index (κ3) is 5.76. The molecule has 0 aliphatic rings. The molecule has 0 bridgehead atoms. The van der Waals surface area contributed by atoms with Gasteiger partial charge in [0.15, 0.2) is 0 Å². The van der Waals surface area contributed by atoms with Gasteiger partial charge in [0, 0.05) is 6.04 Å². The molecule has 1 atom stereocenters. The summed E-state index contributed by atoms with van der Waals surface area (Å²) in [5.41, 5.74) is 2.74. The summed E-state index contributed by atoms with van der Waals surface area (Å²) in [7, 11) is 0. The first-order chi connectivity index (χ1) is 4.16. The maximum Gasteiger partial charge on any atom is 0.0992 e. The molecule has 3 nitrogen and oxygen atoms in total. The van der Waals surface area contributed by atoms with Crippen LogP contribution in [0, 0.1) is 0 Å². The second-order valence-electron chi connectivity index (χ2n) is 2.38. The average Bonchev–Trinajstić information content (AvgIpc) is 1.83. The van der Waals surface area contributed by atoms with Gasteiger partial charge in [0.05, 0.1) is 12.7 Å². The van der Waals surface area contributed by atoms with Crippen molar-refractivity contribution in [3.63, 3.8) is 0 Å². The van der Waals surface area contributed by atoms with Gasteiger partial charge in [-0.3, -0.25) is 4.84 Å². The molecule has 1 unspecified atom stereocenters. The molecule has 0 aromatic heterocycles. The van der Waals surface area contributed by atoms with Crippen molar-refractivity contribution in [3.8, 4) is 0 Å². The quantitative estimate of drug-likeness (QED) is 0.542. The lowest BCUT2D eigenvalue weighted by Gasteiger charge is -2.12. The molecule has 0 radical (unpaired) electrons. The Balaban J connectivity index is 3.06. The van der Waals surface area contributed by atoms with Crippen LogP contribution in [-0.2, 0) is 4.84 Å². The molecule has 0 aromatic carbocycles. The van der Waals surface area contributed by atoms with Gasteiger partial charge in [0.1, 0.15) is 0 Å². The summed E-state index contributed by atoms with van der Waals surface area (Å²) < 4.78 is 0. The van der Waals surface area contributed by atoms with E-state index in [1.54, 1.807) is 6.92 Å².